The zero-order valence-electron chi connectivity index (χ0n) is 23.0. The third kappa shape index (κ3) is 6.49. The highest BCUT2D eigenvalue weighted by molar-refractivity contribution is 5.89. The van der Waals surface area contributed by atoms with E-state index in [4.69, 9.17) is 13.9 Å². The molecule has 6 bridgehead atoms. The van der Waals surface area contributed by atoms with E-state index in [1.54, 1.807) is 0 Å². The van der Waals surface area contributed by atoms with Gasteiger partial charge in [0.25, 0.3) is 17.4 Å². The van der Waals surface area contributed by atoms with Crippen molar-refractivity contribution in [2.24, 2.45) is 0 Å². The maximum atomic E-state index is 14.8. The quantitative estimate of drug-likeness (QED) is 0.297. The molecule has 43 heavy (non-hydrogen) atoms. The number of aliphatic hydroxyl groups is 1. The average molecular weight is 619 g/mol. The number of aromatic nitrogens is 3. The van der Waals surface area contributed by atoms with Crippen LogP contribution in [0.3, 0.4) is 0 Å². The van der Waals surface area contributed by atoms with Gasteiger partial charge in [-0.3, -0.25) is 5.32 Å². The fraction of sp³-hybridized carbons (Fsp3) is 0.407. The molecule has 0 spiro atoms. The molecule has 3 heterocycles. The van der Waals surface area contributed by atoms with Gasteiger partial charge in [-0.25, -0.2) is 14.2 Å². The molecule has 1 aliphatic heterocycles. The van der Waals surface area contributed by atoms with Crippen molar-refractivity contribution in [3.63, 3.8) is 0 Å². The molecule has 9 nitrogen and oxygen atoms in total. The number of halogens is 7. The highest BCUT2D eigenvalue weighted by atomic mass is 19.4. The molecule has 2 unspecified atom stereocenters. The van der Waals surface area contributed by atoms with Crippen LogP contribution in [-0.4, -0.2) is 45.3 Å². The van der Waals surface area contributed by atoms with Crippen LogP contribution in [0.25, 0.3) is 17.7 Å². The Kier molecular flexibility index (Phi) is 8.32. The second-order valence-corrected chi connectivity index (χ2v) is 10.5. The van der Waals surface area contributed by atoms with Gasteiger partial charge < -0.3 is 19.0 Å². The normalized spacial score (nSPS) is 19.4. The standard InChI is InChI=1S/C27H25F7N4O5/c1-24(2,3)43-23(39)35-17-12-15(26(29,30)31)19-18(41-4)8-6-5-7-13-9-10-16(28)14(11-13)25(40,27(32,33)34)22-38-37-21(42-22)20(17)36-19/h5,7,9-12,18,40H,6,8H2,1-4H3,(H,35,39). The summed E-state index contributed by atoms with van der Waals surface area (Å²) in [4.78, 5) is 16.5. The molecule has 0 radical (unpaired) electrons. The Labute approximate surface area is 239 Å². The van der Waals surface area contributed by atoms with E-state index >= 15 is 0 Å². The third-order valence-electron chi connectivity index (χ3n) is 6.22. The van der Waals surface area contributed by atoms with Crippen molar-refractivity contribution in [2.75, 3.05) is 12.4 Å². The summed E-state index contributed by atoms with van der Waals surface area (Å²) in [6, 6.07) is 3.04. The number of methoxy groups -OCH3 is 1. The van der Waals surface area contributed by atoms with Gasteiger partial charge in [-0.2, -0.15) is 26.3 Å². The van der Waals surface area contributed by atoms with Crippen molar-refractivity contribution >= 4 is 17.9 Å². The van der Waals surface area contributed by atoms with Crippen LogP contribution >= 0.6 is 0 Å². The van der Waals surface area contributed by atoms with Crippen LogP contribution in [-0.2, 0) is 21.3 Å². The summed E-state index contributed by atoms with van der Waals surface area (Å²) >= 11 is 0. The fourth-order valence-electron chi connectivity index (χ4n) is 4.28. The minimum absolute atomic E-state index is 0.0289. The number of amides is 1. The second-order valence-electron chi connectivity index (χ2n) is 10.5. The van der Waals surface area contributed by atoms with Gasteiger partial charge in [-0.05, 0) is 57.4 Å². The number of hydrogen-bond donors (Lipinski definition) is 2. The summed E-state index contributed by atoms with van der Waals surface area (Å²) < 4.78 is 116. The number of pyridine rings is 1. The van der Waals surface area contributed by atoms with Gasteiger partial charge in [0.15, 0.2) is 5.69 Å². The minimum atomic E-state index is -5.62. The Hall–Kier alpha value is -4.05. The highest BCUT2D eigenvalue weighted by Crippen LogP contribution is 2.46. The molecule has 0 saturated heterocycles. The number of nitrogens with one attached hydrogen (secondary N) is 1. The van der Waals surface area contributed by atoms with Gasteiger partial charge in [0, 0.05) is 12.7 Å². The zero-order chi connectivity index (χ0) is 32.0. The fourth-order valence-corrected chi connectivity index (χ4v) is 4.28. The molecule has 0 saturated carbocycles. The van der Waals surface area contributed by atoms with Gasteiger partial charge in [-0.15, -0.1) is 10.2 Å². The summed E-state index contributed by atoms with van der Waals surface area (Å²) in [5.74, 6) is -3.94. The Morgan fingerprint density at radius 3 is 2.42 bits per heavy atom. The van der Waals surface area contributed by atoms with E-state index in [2.05, 4.69) is 20.5 Å². The first-order chi connectivity index (χ1) is 19.8. The molecule has 2 N–H and O–H groups in total. The van der Waals surface area contributed by atoms with Crippen molar-refractivity contribution < 1.29 is 54.5 Å². The van der Waals surface area contributed by atoms with Crippen LogP contribution in [0.5, 0.6) is 0 Å². The van der Waals surface area contributed by atoms with E-state index in [0.29, 0.717) is 12.1 Å². The SMILES string of the molecule is COC1CCC=Cc2ccc(F)c(c2)C(O)(C(F)(F)F)c2nnc(o2)-c2nc1c(C(F)(F)F)cc2NC(=O)OC(C)(C)C. The minimum Gasteiger partial charge on any atom is -0.444 e. The van der Waals surface area contributed by atoms with Crippen LogP contribution in [0.4, 0.5) is 41.2 Å². The molecule has 232 valence electrons. The molecule has 0 fully saturated rings. The number of fused-ring (bicyclic) bond motifs is 7. The Bertz CT molecular complexity index is 1550. The average Bonchev–Trinajstić information content (AvgIpc) is 3.37. The Morgan fingerprint density at radius 1 is 1.12 bits per heavy atom. The number of benzene rings is 1. The van der Waals surface area contributed by atoms with Gasteiger partial charge in [0.05, 0.1) is 23.0 Å². The van der Waals surface area contributed by atoms with Crippen molar-refractivity contribution in [3.8, 4) is 11.6 Å². The zero-order valence-corrected chi connectivity index (χ0v) is 23.0. The summed E-state index contributed by atoms with van der Waals surface area (Å²) in [5.41, 5.74) is -9.96. The highest BCUT2D eigenvalue weighted by Gasteiger charge is 2.61. The summed E-state index contributed by atoms with van der Waals surface area (Å²) in [5, 5.41) is 19.8. The van der Waals surface area contributed by atoms with E-state index in [1.165, 1.54) is 32.9 Å². The maximum absolute atomic E-state index is 14.8. The largest absolute Gasteiger partial charge is 0.444 e. The van der Waals surface area contributed by atoms with Crippen LogP contribution in [0.1, 0.15) is 68.0 Å². The molecule has 3 aromatic rings. The lowest BCUT2D eigenvalue weighted by Crippen LogP contribution is -2.44. The van der Waals surface area contributed by atoms with Crippen LogP contribution in [0.15, 0.2) is 34.8 Å². The molecule has 1 aliphatic rings. The van der Waals surface area contributed by atoms with Crippen molar-refractivity contribution in [1.29, 1.82) is 0 Å². The molecule has 1 amide bonds. The van der Waals surface area contributed by atoms with Crippen LogP contribution in [0.2, 0.25) is 0 Å². The van der Waals surface area contributed by atoms with Gasteiger partial charge in [0.2, 0.25) is 0 Å². The summed E-state index contributed by atoms with van der Waals surface area (Å²) in [6.07, 6.45) is -10.5. The van der Waals surface area contributed by atoms with Crippen molar-refractivity contribution in [2.45, 2.75) is 63.3 Å². The lowest BCUT2D eigenvalue weighted by molar-refractivity contribution is -0.256. The molecule has 16 heteroatoms. The maximum Gasteiger partial charge on any atom is 0.430 e. The molecule has 0 aliphatic carbocycles. The molecule has 4 rings (SSSR count). The monoisotopic (exact) mass is 618 g/mol. The third-order valence-corrected chi connectivity index (χ3v) is 6.22. The van der Waals surface area contributed by atoms with Gasteiger partial charge >= 0.3 is 18.4 Å². The predicted molar refractivity (Wildman–Crippen MR) is 136 cm³/mol. The first-order valence-electron chi connectivity index (χ1n) is 12.6. The van der Waals surface area contributed by atoms with Gasteiger partial charge in [-0.1, -0.05) is 18.2 Å². The second kappa shape index (κ2) is 11.2. The number of carbonyl (C=O) groups excluding carboxylic acids is 1. The van der Waals surface area contributed by atoms with E-state index < -0.39 is 81.6 Å². The van der Waals surface area contributed by atoms with E-state index in [9.17, 15) is 40.6 Å². The number of allylic oxidation sites excluding steroid dienone is 1. The smallest absolute Gasteiger partial charge is 0.430 e. The van der Waals surface area contributed by atoms with Gasteiger partial charge in [0.1, 0.15) is 11.4 Å². The Morgan fingerprint density at radius 2 is 1.81 bits per heavy atom. The summed E-state index contributed by atoms with van der Waals surface area (Å²) in [6.45, 7) is 4.45. The van der Waals surface area contributed by atoms with Crippen LogP contribution < -0.4 is 5.32 Å². The first-order valence-corrected chi connectivity index (χ1v) is 12.6. The molecular weight excluding hydrogens is 593 g/mol. The molecular formula is C27H25F7N4O5. The molecule has 2 atom stereocenters. The number of carbonyl (C=O) groups is 1. The number of ether oxygens (including phenoxy) is 2. The van der Waals surface area contributed by atoms with Crippen molar-refractivity contribution in [1.82, 2.24) is 15.2 Å². The van der Waals surface area contributed by atoms with E-state index in [1.807, 2.05) is 0 Å². The lowest BCUT2D eigenvalue weighted by atomic mass is 9.90. The summed E-state index contributed by atoms with van der Waals surface area (Å²) in [7, 11) is 1.14. The lowest BCUT2D eigenvalue weighted by Gasteiger charge is -2.28. The number of anilines is 1. The molecule has 1 aromatic carbocycles. The number of nitrogens with zero attached hydrogens (tertiary/aromatic N) is 3. The van der Waals surface area contributed by atoms with Crippen LogP contribution in [0, 0.1) is 5.82 Å². The topological polar surface area (TPSA) is 120 Å². The van der Waals surface area contributed by atoms with E-state index in [-0.39, 0.29) is 18.4 Å². The van der Waals surface area contributed by atoms with E-state index in [0.717, 1.165) is 19.2 Å². The first kappa shape index (κ1) is 31.9. The number of alkyl halides is 6. The van der Waals surface area contributed by atoms with Crippen molar-refractivity contribution in [3.05, 3.63) is 64.4 Å². The number of rotatable bonds is 2. The molecule has 2 aromatic heterocycles. The number of hydrogen-bond acceptors (Lipinski definition) is 8. The predicted octanol–water partition coefficient (Wildman–Crippen LogP) is 6.93. The Balaban J connectivity index is 2.04.